The van der Waals surface area contributed by atoms with Crippen molar-refractivity contribution in [3.05, 3.63) is 35.4 Å². The van der Waals surface area contributed by atoms with Crippen molar-refractivity contribution in [3.8, 4) is 0 Å². The molecule has 3 N–H and O–H groups in total. The Kier molecular flexibility index (Phi) is 10.4. The van der Waals surface area contributed by atoms with E-state index in [-0.39, 0.29) is 5.91 Å². The highest BCUT2D eigenvalue weighted by atomic mass is 16.1. The molecule has 1 aromatic carbocycles. The molecule has 6 heteroatoms. The van der Waals surface area contributed by atoms with Gasteiger partial charge in [0.2, 0.25) is 0 Å². The summed E-state index contributed by atoms with van der Waals surface area (Å²) >= 11 is 0. The average Bonchev–Trinajstić information content (AvgIpc) is 2.65. The van der Waals surface area contributed by atoms with Gasteiger partial charge in [-0.05, 0) is 64.4 Å². The van der Waals surface area contributed by atoms with Crippen LogP contribution >= 0.6 is 0 Å². The second-order valence-electron chi connectivity index (χ2n) is 6.74. The number of hydrogen-bond acceptors (Lipinski definition) is 3. The van der Waals surface area contributed by atoms with Crippen molar-refractivity contribution in [2.24, 2.45) is 4.99 Å². The lowest BCUT2D eigenvalue weighted by atomic mass is 10.1. The van der Waals surface area contributed by atoms with E-state index in [1.807, 2.05) is 24.3 Å². The summed E-state index contributed by atoms with van der Waals surface area (Å²) in [5.74, 6) is 0.769. The molecule has 1 rings (SSSR count). The van der Waals surface area contributed by atoms with E-state index in [1.54, 1.807) is 14.1 Å². The molecule has 0 saturated heterocycles. The van der Waals surface area contributed by atoms with Crippen molar-refractivity contribution in [1.82, 2.24) is 20.9 Å². The molecular weight excluding hydrogens is 326 g/mol. The minimum Gasteiger partial charge on any atom is -0.356 e. The zero-order valence-electron chi connectivity index (χ0n) is 16.9. The number of nitrogens with one attached hydrogen (secondary N) is 3. The van der Waals surface area contributed by atoms with Crippen LogP contribution in [0.15, 0.2) is 29.3 Å². The highest BCUT2D eigenvalue weighted by molar-refractivity contribution is 5.94. The molecule has 0 aliphatic rings. The van der Waals surface area contributed by atoms with Crippen LogP contribution in [0, 0.1) is 0 Å². The number of carbonyl (C=O) groups is 1. The lowest BCUT2D eigenvalue weighted by Crippen LogP contribution is -2.39. The molecule has 26 heavy (non-hydrogen) atoms. The minimum atomic E-state index is -0.0552. The number of aliphatic imine (C=N–C) groups is 1. The third-order valence-electron chi connectivity index (χ3n) is 4.46. The fourth-order valence-corrected chi connectivity index (χ4v) is 2.51. The highest BCUT2D eigenvalue weighted by Gasteiger charge is 2.04. The van der Waals surface area contributed by atoms with Gasteiger partial charge in [-0.3, -0.25) is 9.79 Å². The standard InChI is InChI=1S/C20H35N5O/c1-16(2)25(5)14-7-6-12-23-20(22-4)24-13-11-17-9-8-10-18(15-17)19(26)21-3/h8-10,15-16H,6-7,11-14H2,1-5H3,(H,21,26)(H2,22,23,24). The molecule has 146 valence electrons. The molecule has 0 unspecified atom stereocenters. The molecule has 0 spiro atoms. The molecule has 0 aliphatic carbocycles. The predicted molar refractivity (Wildman–Crippen MR) is 110 cm³/mol. The van der Waals surface area contributed by atoms with E-state index in [0.29, 0.717) is 11.6 Å². The van der Waals surface area contributed by atoms with Crippen molar-refractivity contribution in [3.63, 3.8) is 0 Å². The van der Waals surface area contributed by atoms with E-state index in [9.17, 15) is 4.79 Å². The van der Waals surface area contributed by atoms with Gasteiger partial charge in [0.1, 0.15) is 0 Å². The van der Waals surface area contributed by atoms with Crippen LogP contribution in [-0.2, 0) is 6.42 Å². The summed E-state index contributed by atoms with van der Waals surface area (Å²) in [7, 11) is 5.60. The van der Waals surface area contributed by atoms with E-state index in [1.165, 1.54) is 6.42 Å². The van der Waals surface area contributed by atoms with Crippen molar-refractivity contribution in [2.75, 3.05) is 40.8 Å². The monoisotopic (exact) mass is 361 g/mol. The smallest absolute Gasteiger partial charge is 0.251 e. The fraction of sp³-hybridized carbons (Fsp3) is 0.600. The molecule has 1 amide bonds. The number of hydrogen-bond donors (Lipinski definition) is 3. The summed E-state index contributed by atoms with van der Waals surface area (Å²) in [5.41, 5.74) is 1.82. The Bertz CT molecular complexity index is 571. The Morgan fingerprint density at radius 3 is 2.58 bits per heavy atom. The van der Waals surface area contributed by atoms with Crippen LogP contribution in [0.1, 0.15) is 42.6 Å². The maximum Gasteiger partial charge on any atom is 0.251 e. The summed E-state index contributed by atoms with van der Waals surface area (Å²) < 4.78 is 0. The van der Waals surface area contributed by atoms with E-state index in [0.717, 1.165) is 44.0 Å². The van der Waals surface area contributed by atoms with E-state index in [4.69, 9.17) is 0 Å². The maximum atomic E-state index is 11.7. The van der Waals surface area contributed by atoms with Gasteiger partial charge in [-0.15, -0.1) is 0 Å². The number of rotatable bonds is 10. The lowest BCUT2D eigenvalue weighted by molar-refractivity contribution is 0.0963. The van der Waals surface area contributed by atoms with Crippen LogP contribution in [0.5, 0.6) is 0 Å². The fourth-order valence-electron chi connectivity index (χ4n) is 2.51. The van der Waals surface area contributed by atoms with Gasteiger partial charge in [-0.2, -0.15) is 0 Å². The molecule has 0 fully saturated rings. The van der Waals surface area contributed by atoms with Crippen LogP contribution in [0.4, 0.5) is 0 Å². The molecule has 0 heterocycles. The van der Waals surface area contributed by atoms with Crippen LogP contribution in [0.2, 0.25) is 0 Å². The Morgan fingerprint density at radius 2 is 1.92 bits per heavy atom. The molecule has 0 radical (unpaired) electrons. The molecule has 6 nitrogen and oxygen atoms in total. The van der Waals surface area contributed by atoms with Crippen LogP contribution in [-0.4, -0.2) is 63.6 Å². The van der Waals surface area contributed by atoms with E-state index < -0.39 is 0 Å². The molecule has 0 aliphatic heterocycles. The number of benzene rings is 1. The van der Waals surface area contributed by atoms with Gasteiger partial charge >= 0.3 is 0 Å². The van der Waals surface area contributed by atoms with Crippen molar-refractivity contribution < 1.29 is 4.79 Å². The Hall–Kier alpha value is -2.08. The number of carbonyl (C=O) groups excluding carboxylic acids is 1. The van der Waals surface area contributed by atoms with Gasteiger partial charge < -0.3 is 20.9 Å². The van der Waals surface area contributed by atoms with Crippen LogP contribution < -0.4 is 16.0 Å². The van der Waals surface area contributed by atoms with Crippen molar-refractivity contribution >= 4 is 11.9 Å². The SMILES string of the molecule is CN=C(NCCCCN(C)C(C)C)NCCc1cccc(C(=O)NC)c1. The Labute approximate surface area is 158 Å². The van der Waals surface area contributed by atoms with Crippen molar-refractivity contribution in [1.29, 1.82) is 0 Å². The summed E-state index contributed by atoms with van der Waals surface area (Å²) in [5, 5.41) is 9.33. The molecule has 1 aromatic rings. The highest BCUT2D eigenvalue weighted by Crippen LogP contribution is 2.05. The first-order valence-electron chi connectivity index (χ1n) is 9.43. The van der Waals surface area contributed by atoms with Gasteiger partial charge in [-0.1, -0.05) is 12.1 Å². The summed E-state index contributed by atoms with van der Waals surface area (Å²) in [4.78, 5) is 18.3. The first-order valence-corrected chi connectivity index (χ1v) is 9.43. The number of amides is 1. The third kappa shape index (κ3) is 8.34. The topological polar surface area (TPSA) is 68.8 Å². The third-order valence-corrected chi connectivity index (χ3v) is 4.46. The number of guanidine groups is 1. The minimum absolute atomic E-state index is 0.0552. The zero-order valence-corrected chi connectivity index (χ0v) is 16.9. The second kappa shape index (κ2) is 12.3. The Morgan fingerprint density at radius 1 is 1.19 bits per heavy atom. The van der Waals surface area contributed by atoms with Gasteiger partial charge in [0, 0.05) is 38.8 Å². The van der Waals surface area contributed by atoms with Crippen LogP contribution in [0.25, 0.3) is 0 Å². The summed E-state index contributed by atoms with van der Waals surface area (Å²) in [6, 6.07) is 8.31. The van der Waals surface area contributed by atoms with Gasteiger partial charge in [-0.25, -0.2) is 0 Å². The largest absolute Gasteiger partial charge is 0.356 e. The summed E-state index contributed by atoms with van der Waals surface area (Å²) in [6.45, 7) is 7.24. The summed E-state index contributed by atoms with van der Waals surface area (Å²) in [6.07, 6.45) is 3.13. The quantitative estimate of drug-likeness (QED) is 0.338. The van der Waals surface area contributed by atoms with E-state index >= 15 is 0 Å². The maximum absolute atomic E-state index is 11.7. The average molecular weight is 362 g/mol. The second-order valence-corrected chi connectivity index (χ2v) is 6.74. The number of unbranched alkanes of at least 4 members (excludes halogenated alkanes) is 1. The zero-order chi connectivity index (χ0) is 19.4. The molecule has 0 atom stereocenters. The van der Waals surface area contributed by atoms with E-state index in [2.05, 4.69) is 46.7 Å². The lowest BCUT2D eigenvalue weighted by Gasteiger charge is -2.20. The molecule has 0 saturated carbocycles. The predicted octanol–water partition coefficient (Wildman–Crippen LogP) is 1.87. The number of nitrogens with zero attached hydrogens (tertiary/aromatic N) is 2. The molecule has 0 bridgehead atoms. The first kappa shape index (κ1) is 22.0. The first-order chi connectivity index (χ1) is 12.5. The van der Waals surface area contributed by atoms with Crippen molar-refractivity contribution in [2.45, 2.75) is 39.2 Å². The normalized spacial score (nSPS) is 11.7. The van der Waals surface area contributed by atoms with Gasteiger partial charge in [0.05, 0.1) is 0 Å². The van der Waals surface area contributed by atoms with Gasteiger partial charge in [0.25, 0.3) is 5.91 Å². The van der Waals surface area contributed by atoms with Gasteiger partial charge in [0.15, 0.2) is 5.96 Å². The molecular formula is C20H35N5O. The molecule has 0 aromatic heterocycles. The van der Waals surface area contributed by atoms with Crippen LogP contribution in [0.3, 0.4) is 0 Å². The Balaban J connectivity index is 2.27.